The molecule has 0 spiro atoms. The minimum atomic E-state index is 0.240. The molecule has 0 amide bonds. The Morgan fingerprint density at radius 1 is 1.45 bits per heavy atom. The first kappa shape index (κ1) is 8.47. The van der Waals surface area contributed by atoms with Crippen LogP contribution in [-0.4, -0.2) is 6.29 Å². The molecule has 1 atom stereocenters. The van der Waals surface area contributed by atoms with Crippen molar-refractivity contribution in [3.8, 4) is 0 Å². The molecular formula is C9H9BrO. The van der Waals surface area contributed by atoms with Gasteiger partial charge in [-0.05, 0) is 12.5 Å². The molecule has 1 nitrogen and oxygen atoms in total. The summed E-state index contributed by atoms with van der Waals surface area (Å²) < 4.78 is 0. The number of carbonyl (C=O) groups excluding carboxylic acids is 1. The number of halogens is 1. The van der Waals surface area contributed by atoms with Crippen molar-refractivity contribution >= 4 is 22.2 Å². The van der Waals surface area contributed by atoms with Crippen molar-refractivity contribution in [1.82, 2.24) is 0 Å². The molecule has 2 heteroatoms. The molecule has 0 radical (unpaired) electrons. The maximum atomic E-state index is 10.5. The molecular weight excluding hydrogens is 204 g/mol. The summed E-state index contributed by atoms with van der Waals surface area (Å²) in [5, 5.41) is 0. The lowest BCUT2D eigenvalue weighted by molar-refractivity contribution is 0.112. The Kier molecular flexibility index (Phi) is 2.83. The van der Waals surface area contributed by atoms with Crippen LogP contribution < -0.4 is 0 Å². The van der Waals surface area contributed by atoms with Crippen LogP contribution >= 0.6 is 15.9 Å². The first-order chi connectivity index (χ1) is 5.25. The zero-order valence-electron chi connectivity index (χ0n) is 6.25. The topological polar surface area (TPSA) is 17.1 Å². The first-order valence-corrected chi connectivity index (χ1v) is 4.35. The molecule has 58 valence electrons. The highest BCUT2D eigenvalue weighted by atomic mass is 79.9. The van der Waals surface area contributed by atoms with E-state index in [1.165, 1.54) is 0 Å². The van der Waals surface area contributed by atoms with E-state index >= 15 is 0 Å². The van der Waals surface area contributed by atoms with Gasteiger partial charge in [-0.15, -0.1) is 0 Å². The fourth-order valence-corrected chi connectivity index (χ4v) is 1.40. The van der Waals surface area contributed by atoms with Crippen LogP contribution in [0.25, 0.3) is 0 Å². The molecule has 1 aromatic rings. The zero-order valence-corrected chi connectivity index (χ0v) is 7.84. The van der Waals surface area contributed by atoms with Gasteiger partial charge in [-0.25, -0.2) is 0 Å². The average molecular weight is 213 g/mol. The molecule has 0 aliphatic rings. The van der Waals surface area contributed by atoms with E-state index in [-0.39, 0.29) is 4.83 Å². The maximum absolute atomic E-state index is 10.5. The summed E-state index contributed by atoms with van der Waals surface area (Å²) in [5.74, 6) is 0. The number of hydrogen-bond donors (Lipinski definition) is 0. The summed E-state index contributed by atoms with van der Waals surface area (Å²) in [6.45, 7) is 2.00. The van der Waals surface area contributed by atoms with Crippen molar-refractivity contribution in [2.24, 2.45) is 0 Å². The molecule has 0 N–H and O–H groups in total. The number of benzene rings is 1. The summed E-state index contributed by atoms with van der Waals surface area (Å²) in [6.07, 6.45) is 0.882. The summed E-state index contributed by atoms with van der Waals surface area (Å²) in [7, 11) is 0. The Morgan fingerprint density at radius 2 is 2.09 bits per heavy atom. The predicted octanol–water partition coefficient (Wildman–Crippen LogP) is 2.96. The second-order valence-electron chi connectivity index (χ2n) is 2.36. The number of alkyl halides is 1. The average Bonchev–Trinajstić information content (AvgIpc) is 2.04. The third kappa shape index (κ3) is 1.90. The molecule has 11 heavy (non-hydrogen) atoms. The van der Waals surface area contributed by atoms with Gasteiger partial charge >= 0.3 is 0 Å². The number of aldehydes is 1. The van der Waals surface area contributed by atoms with Crippen molar-refractivity contribution < 1.29 is 4.79 Å². The third-order valence-electron chi connectivity index (χ3n) is 1.55. The van der Waals surface area contributed by atoms with Gasteiger partial charge in [-0.2, -0.15) is 0 Å². The van der Waals surface area contributed by atoms with E-state index in [9.17, 15) is 4.79 Å². The highest BCUT2D eigenvalue weighted by Gasteiger charge is 2.04. The van der Waals surface area contributed by atoms with Crippen LogP contribution in [0.2, 0.25) is 0 Å². The molecule has 0 heterocycles. The van der Waals surface area contributed by atoms with E-state index in [0.29, 0.717) is 0 Å². The second-order valence-corrected chi connectivity index (χ2v) is 3.74. The molecule has 0 saturated carbocycles. The molecule has 1 rings (SSSR count). The fraction of sp³-hybridized carbons (Fsp3) is 0.222. The van der Waals surface area contributed by atoms with Crippen molar-refractivity contribution in [3.05, 3.63) is 35.4 Å². The SMILES string of the molecule is CC(Br)c1ccccc1C=O. The zero-order chi connectivity index (χ0) is 8.27. The number of rotatable bonds is 2. The van der Waals surface area contributed by atoms with Crippen LogP contribution in [0.4, 0.5) is 0 Å². The Morgan fingerprint density at radius 3 is 2.55 bits per heavy atom. The molecule has 1 aromatic carbocycles. The van der Waals surface area contributed by atoms with Crippen molar-refractivity contribution in [1.29, 1.82) is 0 Å². The largest absolute Gasteiger partial charge is 0.298 e. The number of carbonyl (C=O) groups is 1. The second kappa shape index (κ2) is 3.67. The molecule has 0 aliphatic carbocycles. The van der Waals surface area contributed by atoms with Crippen LogP contribution in [0.5, 0.6) is 0 Å². The van der Waals surface area contributed by atoms with Gasteiger partial charge in [-0.1, -0.05) is 40.2 Å². The van der Waals surface area contributed by atoms with Crippen molar-refractivity contribution in [2.45, 2.75) is 11.8 Å². The normalized spacial score (nSPS) is 12.5. The van der Waals surface area contributed by atoms with Crippen LogP contribution in [-0.2, 0) is 0 Å². The third-order valence-corrected chi connectivity index (χ3v) is 2.04. The maximum Gasteiger partial charge on any atom is 0.150 e. The van der Waals surface area contributed by atoms with Crippen LogP contribution in [0.15, 0.2) is 24.3 Å². The molecule has 0 bridgehead atoms. The van der Waals surface area contributed by atoms with Crippen molar-refractivity contribution in [2.75, 3.05) is 0 Å². The van der Waals surface area contributed by atoms with Gasteiger partial charge in [0.05, 0.1) is 0 Å². The molecule has 0 aromatic heterocycles. The van der Waals surface area contributed by atoms with Gasteiger partial charge in [-0.3, -0.25) is 4.79 Å². The summed E-state index contributed by atoms with van der Waals surface area (Å²) in [5.41, 5.74) is 1.80. The smallest absolute Gasteiger partial charge is 0.150 e. The molecule has 1 unspecified atom stereocenters. The summed E-state index contributed by atoms with van der Waals surface area (Å²) in [4.78, 5) is 10.8. The quantitative estimate of drug-likeness (QED) is 0.545. The highest BCUT2D eigenvalue weighted by Crippen LogP contribution is 2.23. The minimum Gasteiger partial charge on any atom is -0.298 e. The lowest BCUT2D eigenvalue weighted by Crippen LogP contribution is -1.91. The van der Waals surface area contributed by atoms with Gasteiger partial charge in [0, 0.05) is 10.4 Å². The predicted molar refractivity (Wildman–Crippen MR) is 49.2 cm³/mol. The van der Waals surface area contributed by atoms with Gasteiger partial charge < -0.3 is 0 Å². The highest BCUT2D eigenvalue weighted by molar-refractivity contribution is 9.09. The fourth-order valence-electron chi connectivity index (χ4n) is 0.980. The van der Waals surface area contributed by atoms with Gasteiger partial charge in [0.15, 0.2) is 0 Å². The molecule has 0 aliphatic heterocycles. The van der Waals surface area contributed by atoms with Gasteiger partial charge in [0.1, 0.15) is 6.29 Å². The lowest BCUT2D eigenvalue weighted by atomic mass is 10.1. The van der Waals surface area contributed by atoms with Gasteiger partial charge in [0.2, 0.25) is 0 Å². The Balaban J connectivity index is 3.12. The summed E-state index contributed by atoms with van der Waals surface area (Å²) >= 11 is 3.42. The Labute approximate surface area is 74.6 Å². The van der Waals surface area contributed by atoms with E-state index in [0.717, 1.165) is 17.4 Å². The molecule has 0 fully saturated rings. The monoisotopic (exact) mass is 212 g/mol. The first-order valence-electron chi connectivity index (χ1n) is 3.44. The number of hydrogen-bond acceptors (Lipinski definition) is 1. The van der Waals surface area contributed by atoms with E-state index < -0.39 is 0 Å². The van der Waals surface area contributed by atoms with Crippen LogP contribution in [0.3, 0.4) is 0 Å². The van der Waals surface area contributed by atoms with E-state index in [2.05, 4.69) is 15.9 Å². The van der Waals surface area contributed by atoms with Crippen LogP contribution in [0.1, 0.15) is 27.7 Å². The van der Waals surface area contributed by atoms with E-state index in [1.807, 2.05) is 31.2 Å². The minimum absolute atomic E-state index is 0.240. The Hall–Kier alpha value is -0.630. The standard InChI is InChI=1S/C9H9BrO/c1-7(10)9-5-3-2-4-8(9)6-11/h2-7H,1H3. The van der Waals surface area contributed by atoms with E-state index in [1.54, 1.807) is 0 Å². The summed E-state index contributed by atoms with van der Waals surface area (Å²) in [6, 6.07) is 7.56. The van der Waals surface area contributed by atoms with Crippen LogP contribution in [0, 0.1) is 0 Å². The molecule has 0 saturated heterocycles. The Bertz CT molecular complexity index is 255. The van der Waals surface area contributed by atoms with E-state index in [4.69, 9.17) is 0 Å². The van der Waals surface area contributed by atoms with Crippen molar-refractivity contribution in [3.63, 3.8) is 0 Å². The van der Waals surface area contributed by atoms with Gasteiger partial charge in [0.25, 0.3) is 0 Å². The lowest BCUT2D eigenvalue weighted by Gasteiger charge is -2.04.